The second-order valence-corrected chi connectivity index (χ2v) is 6.02. The summed E-state index contributed by atoms with van der Waals surface area (Å²) in [5, 5.41) is 8.35. The molecule has 2 aromatic rings. The lowest BCUT2D eigenvalue weighted by Crippen LogP contribution is -2.47. The number of morpholine rings is 1. The summed E-state index contributed by atoms with van der Waals surface area (Å²) in [6.07, 6.45) is 1.77. The lowest BCUT2D eigenvalue weighted by atomic mass is 10.2. The summed E-state index contributed by atoms with van der Waals surface area (Å²) >= 11 is 0. The molecule has 7 nitrogen and oxygen atoms in total. The van der Waals surface area contributed by atoms with Gasteiger partial charge in [0.1, 0.15) is 0 Å². The van der Waals surface area contributed by atoms with Crippen molar-refractivity contribution in [3.63, 3.8) is 0 Å². The van der Waals surface area contributed by atoms with Gasteiger partial charge in [-0.2, -0.15) is 10.1 Å². The fourth-order valence-electron chi connectivity index (χ4n) is 3.17. The number of hydrogen-bond acceptors (Lipinski definition) is 7. The number of anilines is 3. The molecule has 0 spiro atoms. The molecule has 2 fully saturated rings. The topological polar surface area (TPSA) is 57.6 Å². The van der Waals surface area contributed by atoms with Crippen LogP contribution in [0.25, 0.3) is 0 Å². The highest BCUT2D eigenvalue weighted by Crippen LogP contribution is 2.20. The largest absolute Gasteiger partial charge is 0.378 e. The number of piperazine rings is 1. The van der Waals surface area contributed by atoms with Gasteiger partial charge in [0.25, 0.3) is 0 Å². The maximum absolute atomic E-state index is 5.39. The molecule has 4 rings (SSSR count). The standard InChI is InChI=1S/C17H22N6O/c1-2-4-15(5-3-1)21-6-8-22(9-7-21)16-14-18-20-17(19-16)23-10-12-24-13-11-23/h1-5,14H,6-13H2. The fourth-order valence-corrected chi connectivity index (χ4v) is 3.17. The summed E-state index contributed by atoms with van der Waals surface area (Å²) in [7, 11) is 0. The van der Waals surface area contributed by atoms with Crippen LogP contribution in [-0.4, -0.2) is 67.7 Å². The molecule has 3 heterocycles. The van der Waals surface area contributed by atoms with E-state index in [1.807, 2.05) is 0 Å². The number of benzene rings is 1. The predicted molar refractivity (Wildman–Crippen MR) is 93.7 cm³/mol. The van der Waals surface area contributed by atoms with E-state index in [4.69, 9.17) is 9.72 Å². The summed E-state index contributed by atoms with van der Waals surface area (Å²) in [4.78, 5) is 11.6. The van der Waals surface area contributed by atoms with Crippen LogP contribution in [0.3, 0.4) is 0 Å². The smallest absolute Gasteiger partial charge is 0.247 e. The molecule has 2 aliphatic heterocycles. The Morgan fingerprint density at radius 2 is 1.50 bits per heavy atom. The highest BCUT2D eigenvalue weighted by Gasteiger charge is 2.20. The minimum atomic E-state index is 0.710. The molecule has 0 amide bonds. The molecule has 7 heteroatoms. The van der Waals surface area contributed by atoms with Gasteiger partial charge in [-0.15, -0.1) is 5.10 Å². The normalized spacial score (nSPS) is 18.8. The highest BCUT2D eigenvalue weighted by atomic mass is 16.5. The summed E-state index contributed by atoms with van der Waals surface area (Å²) < 4.78 is 5.39. The van der Waals surface area contributed by atoms with Crippen molar-refractivity contribution >= 4 is 17.5 Å². The van der Waals surface area contributed by atoms with Crippen LogP contribution in [0.1, 0.15) is 0 Å². The van der Waals surface area contributed by atoms with Crippen LogP contribution in [0.5, 0.6) is 0 Å². The average Bonchev–Trinajstić information content (AvgIpc) is 2.70. The van der Waals surface area contributed by atoms with E-state index in [1.165, 1.54) is 5.69 Å². The molecule has 0 N–H and O–H groups in total. The van der Waals surface area contributed by atoms with E-state index in [-0.39, 0.29) is 0 Å². The molecule has 0 aliphatic carbocycles. The molecular formula is C17H22N6O. The molecule has 0 bridgehead atoms. The van der Waals surface area contributed by atoms with Gasteiger partial charge in [0.05, 0.1) is 19.4 Å². The molecule has 0 atom stereocenters. The second kappa shape index (κ2) is 7.00. The number of hydrogen-bond donors (Lipinski definition) is 0. The zero-order valence-corrected chi connectivity index (χ0v) is 13.7. The first-order chi connectivity index (χ1) is 11.9. The lowest BCUT2D eigenvalue weighted by Gasteiger charge is -2.36. The number of aromatic nitrogens is 3. The van der Waals surface area contributed by atoms with E-state index in [0.29, 0.717) is 5.95 Å². The third-order valence-corrected chi connectivity index (χ3v) is 4.55. The van der Waals surface area contributed by atoms with Crippen LogP contribution in [0.15, 0.2) is 36.5 Å². The van der Waals surface area contributed by atoms with Crippen LogP contribution in [0.2, 0.25) is 0 Å². The Kier molecular flexibility index (Phi) is 4.42. The van der Waals surface area contributed by atoms with E-state index >= 15 is 0 Å². The molecule has 2 saturated heterocycles. The first-order valence-electron chi connectivity index (χ1n) is 8.47. The minimum Gasteiger partial charge on any atom is -0.378 e. The van der Waals surface area contributed by atoms with Crippen molar-refractivity contribution in [2.45, 2.75) is 0 Å². The van der Waals surface area contributed by atoms with Gasteiger partial charge in [-0.05, 0) is 12.1 Å². The van der Waals surface area contributed by atoms with Gasteiger partial charge in [-0.25, -0.2) is 0 Å². The van der Waals surface area contributed by atoms with Gasteiger partial charge >= 0.3 is 0 Å². The van der Waals surface area contributed by atoms with Crippen molar-refractivity contribution in [3.05, 3.63) is 36.5 Å². The van der Waals surface area contributed by atoms with E-state index in [2.05, 4.69) is 55.2 Å². The lowest BCUT2D eigenvalue weighted by molar-refractivity contribution is 0.122. The maximum Gasteiger partial charge on any atom is 0.247 e. The molecule has 0 radical (unpaired) electrons. The van der Waals surface area contributed by atoms with Crippen LogP contribution in [0, 0.1) is 0 Å². The van der Waals surface area contributed by atoms with Gasteiger partial charge in [0, 0.05) is 45.0 Å². The van der Waals surface area contributed by atoms with Gasteiger partial charge < -0.3 is 19.4 Å². The molecule has 2 aliphatic rings. The van der Waals surface area contributed by atoms with Crippen LogP contribution in [0.4, 0.5) is 17.5 Å². The van der Waals surface area contributed by atoms with E-state index in [0.717, 1.165) is 58.3 Å². The Morgan fingerprint density at radius 1 is 0.792 bits per heavy atom. The summed E-state index contributed by atoms with van der Waals surface area (Å²) in [5.41, 5.74) is 1.28. The van der Waals surface area contributed by atoms with Crippen LogP contribution < -0.4 is 14.7 Å². The van der Waals surface area contributed by atoms with Crippen LogP contribution >= 0.6 is 0 Å². The Balaban J connectivity index is 1.42. The zero-order chi connectivity index (χ0) is 16.2. The van der Waals surface area contributed by atoms with Crippen molar-refractivity contribution in [1.82, 2.24) is 15.2 Å². The Labute approximate surface area is 141 Å². The molecule has 0 unspecified atom stereocenters. The van der Waals surface area contributed by atoms with E-state index in [1.54, 1.807) is 6.20 Å². The van der Waals surface area contributed by atoms with Crippen molar-refractivity contribution in [2.24, 2.45) is 0 Å². The van der Waals surface area contributed by atoms with Crippen molar-refractivity contribution in [2.75, 3.05) is 67.2 Å². The fraction of sp³-hybridized carbons (Fsp3) is 0.471. The maximum atomic E-state index is 5.39. The quantitative estimate of drug-likeness (QED) is 0.835. The molecule has 1 aromatic heterocycles. The molecule has 126 valence electrons. The third kappa shape index (κ3) is 3.26. The number of ether oxygens (including phenoxy) is 1. The summed E-state index contributed by atoms with van der Waals surface area (Å²) in [6.45, 7) is 6.96. The van der Waals surface area contributed by atoms with Crippen molar-refractivity contribution < 1.29 is 4.74 Å². The number of rotatable bonds is 3. The van der Waals surface area contributed by atoms with E-state index < -0.39 is 0 Å². The zero-order valence-electron chi connectivity index (χ0n) is 13.7. The monoisotopic (exact) mass is 326 g/mol. The molecule has 0 saturated carbocycles. The highest BCUT2D eigenvalue weighted by molar-refractivity contribution is 5.49. The molecule has 24 heavy (non-hydrogen) atoms. The Hall–Kier alpha value is -2.41. The molecular weight excluding hydrogens is 304 g/mol. The number of nitrogens with zero attached hydrogens (tertiary/aromatic N) is 6. The minimum absolute atomic E-state index is 0.710. The molecule has 1 aromatic carbocycles. The van der Waals surface area contributed by atoms with Gasteiger partial charge in [-0.3, -0.25) is 0 Å². The Morgan fingerprint density at radius 3 is 2.25 bits per heavy atom. The Bertz CT molecular complexity index is 653. The average molecular weight is 326 g/mol. The van der Waals surface area contributed by atoms with Gasteiger partial charge in [0.2, 0.25) is 5.95 Å². The SMILES string of the molecule is c1ccc(N2CCN(c3cnnc(N4CCOCC4)n3)CC2)cc1. The third-order valence-electron chi connectivity index (χ3n) is 4.55. The van der Waals surface area contributed by atoms with Gasteiger partial charge in [-0.1, -0.05) is 18.2 Å². The number of para-hydroxylation sites is 1. The predicted octanol–water partition coefficient (Wildman–Crippen LogP) is 1.03. The second-order valence-electron chi connectivity index (χ2n) is 6.02. The van der Waals surface area contributed by atoms with Crippen molar-refractivity contribution in [3.8, 4) is 0 Å². The van der Waals surface area contributed by atoms with Crippen LogP contribution in [-0.2, 0) is 4.74 Å². The van der Waals surface area contributed by atoms with Gasteiger partial charge in [0.15, 0.2) is 5.82 Å². The summed E-state index contributed by atoms with van der Waals surface area (Å²) in [5.74, 6) is 1.63. The summed E-state index contributed by atoms with van der Waals surface area (Å²) in [6, 6.07) is 10.6. The van der Waals surface area contributed by atoms with E-state index in [9.17, 15) is 0 Å². The van der Waals surface area contributed by atoms with Crippen molar-refractivity contribution in [1.29, 1.82) is 0 Å². The first-order valence-corrected chi connectivity index (χ1v) is 8.47. The first kappa shape index (κ1) is 15.1.